The van der Waals surface area contributed by atoms with Crippen molar-refractivity contribution in [1.29, 1.82) is 0 Å². The molecule has 8 bridgehead atoms. The SMILES string of the molecule is CCCSCCCCCCOc1c2cc(C(C)(C)C)cc1Cc1cc(C(C)(C)C)cc(c1O)Cc1cc(C(C)(C)C)cc(c1OCCCCCCSCCC)Cc1cc(C(C)(C)C)cc(c1O)C2. The highest BCUT2D eigenvalue weighted by Crippen LogP contribution is 2.44. The third kappa shape index (κ3) is 15.9. The Morgan fingerprint density at radius 1 is 0.368 bits per heavy atom. The molecular weight excluding hydrogens is 873 g/mol. The van der Waals surface area contributed by atoms with Crippen LogP contribution in [0.15, 0.2) is 48.5 Å². The van der Waals surface area contributed by atoms with Crippen LogP contribution in [0, 0.1) is 0 Å². The van der Waals surface area contributed by atoms with Crippen LogP contribution in [0.2, 0.25) is 0 Å². The molecule has 6 heteroatoms. The van der Waals surface area contributed by atoms with Crippen molar-refractivity contribution in [1.82, 2.24) is 0 Å². The Morgan fingerprint density at radius 2 is 0.618 bits per heavy atom. The largest absolute Gasteiger partial charge is 0.507 e. The summed E-state index contributed by atoms with van der Waals surface area (Å²) in [6.45, 7) is 33.1. The third-order valence-corrected chi connectivity index (χ3v) is 16.1. The number of rotatable bonds is 20. The first-order valence-electron chi connectivity index (χ1n) is 26.4. The summed E-state index contributed by atoms with van der Waals surface area (Å²) >= 11 is 4.13. The number of phenolic OH excluding ortho intramolecular Hbond substituents is 2. The fraction of sp³-hybridized carbons (Fsp3) is 0.613. The molecule has 4 aromatic rings. The molecular formula is C62H92O4S2. The van der Waals surface area contributed by atoms with Crippen LogP contribution in [-0.4, -0.2) is 46.4 Å². The third-order valence-electron chi connectivity index (χ3n) is 13.6. The Labute approximate surface area is 424 Å². The maximum Gasteiger partial charge on any atom is 0.126 e. The van der Waals surface area contributed by atoms with E-state index in [1.54, 1.807) is 0 Å². The Bertz CT molecular complexity index is 1990. The molecule has 0 saturated heterocycles. The summed E-state index contributed by atoms with van der Waals surface area (Å²) in [5.74, 6) is 7.43. The molecule has 0 radical (unpaired) electrons. The van der Waals surface area contributed by atoms with E-state index in [2.05, 4.69) is 169 Å². The summed E-state index contributed by atoms with van der Waals surface area (Å²) in [5, 5.41) is 25.4. The molecule has 1 aliphatic rings. The molecule has 0 saturated carbocycles. The second-order valence-corrected chi connectivity index (χ2v) is 26.4. The standard InChI is InChI=1S/C62H92O4S2/c1-15-27-67-29-23-19-17-21-25-65-57-47-31-43-35-51(59(3,4)5)37-45(55(43)63)33-49-41-54(62(12,13)14)42-50(58(49)66-26-22-18-20-24-30-68-28-16-2)34-46-38-52(60(6,7)8)36-44(56(46)64)32-48(57)40-53(39-47)61(9,10)11/h35-42,63-64H,15-34H2,1-14H3. The molecule has 4 nitrogen and oxygen atoms in total. The molecule has 0 amide bonds. The first-order valence-corrected chi connectivity index (χ1v) is 28.8. The highest BCUT2D eigenvalue weighted by molar-refractivity contribution is 7.99. The van der Waals surface area contributed by atoms with Crippen LogP contribution in [0.4, 0.5) is 0 Å². The molecule has 1 aliphatic carbocycles. The van der Waals surface area contributed by atoms with Crippen LogP contribution in [0.3, 0.4) is 0 Å². The van der Waals surface area contributed by atoms with Gasteiger partial charge in [0.15, 0.2) is 0 Å². The van der Waals surface area contributed by atoms with E-state index < -0.39 is 0 Å². The number of ether oxygens (including phenoxy) is 2. The molecule has 0 atom stereocenters. The number of hydrogen-bond acceptors (Lipinski definition) is 6. The summed E-state index contributed by atoms with van der Waals surface area (Å²) in [4.78, 5) is 0. The van der Waals surface area contributed by atoms with E-state index in [1.165, 1.54) is 83.8 Å². The van der Waals surface area contributed by atoms with Crippen molar-refractivity contribution in [2.24, 2.45) is 0 Å². The summed E-state index contributed by atoms with van der Waals surface area (Å²) in [5.41, 5.74) is 12.3. The minimum Gasteiger partial charge on any atom is -0.507 e. The maximum absolute atomic E-state index is 12.7. The van der Waals surface area contributed by atoms with Crippen molar-refractivity contribution >= 4 is 23.5 Å². The number of aromatic hydroxyl groups is 2. The van der Waals surface area contributed by atoms with Gasteiger partial charge in [0.05, 0.1) is 13.2 Å². The minimum absolute atomic E-state index is 0.142. The number of phenols is 2. The van der Waals surface area contributed by atoms with Crippen molar-refractivity contribution in [3.63, 3.8) is 0 Å². The molecule has 4 aromatic carbocycles. The molecule has 0 fully saturated rings. The van der Waals surface area contributed by atoms with Crippen LogP contribution >= 0.6 is 23.5 Å². The number of fused-ring (bicyclic) bond motifs is 8. The Hall–Kier alpha value is -3.22. The van der Waals surface area contributed by atoms with Gasteiger partial charge < -0.3 is 19.7 Å². The summed E-state index contributed by atoms with van der Waals surface area (Å²) in [6.07, 6.45) is 13.7. The minimum atomic E-state index is -0.150. The monoisotopic (exact) mass is 965 g/mol. The number of benzene rings is 4. The van der Waals surface area contributed by atoms with E-state index in [0.717, 1.165) is 81.7 Å². The van der Waals surface area contributed by atoms with E-state index in [-0.39, 0.29) is 21.7 Å². The van der Waals surface area contributed by atoms with Crippen LogP contribution < -0.4 is 9.47 Å². The average molecular weight is 966 g/mol. The van der Waals surface area contributed by atoms with Crippen LogP contribution in [0.1, 0.15) is 228 Å². The first-order chi connectivity index (χ1) is 32.0. The van der Waals surface area contributed by atoms with Gasteiger partial charge in [-0.15, -0.1) is 0 Å². The van der Waals surface area contributed by atoms with Gasteiger partial charge >= 0.3 is 0 Å². The fourth-order valence-corrected chi connectivity index (χ4v) is 11.0. The van der Waals surface area contributed by atoms with Gasteiger partial charge in [-0.05, 0) is 150 Å². The van der Waals surface area contributed by atoms with E-state index in [4.69, 9.17) is 9.47 Å². The first kappa shape index (κ1) is 55.7. The van der Waals surface area contributed by atoms with Crippen LogP contribution in [-0.2, 0) is 47.3 Å². The molecule has 68 heavy (non-hydrogen) atoms. The highest BCUT2D eigenvalue weighted by atomic mass is 32.2. The van der Waals surface area contributed by atoms with Crippen molar-refractivity contribution in [2.45, 2.75) is 208 Å². The van der Waals surface area contributed by atoms with Gasteiger partial charge in [0, 0.05) is 25.7 Å². The molecule has 5 rings (SSSR count). The smallest absolute Gasteiger partial charge is 0.126 e. The Morgan fingerprint density at radius 3 is 0.868 bits per heavy atom. The molecule has 376 valence electrons. The Balaban J connectivity index is 1.73. The number of unbranched alkanes of at least 4 members (excludes halogenated alkanes) is 6. The van der Waals surface area contributed by atoms with E-state index in [1.807, 2.05) is 0 Å². The number of thioether (sulfide) groups is 2. The molecule has 0 spiro atoms. The quantitative estimate of drug-likeness (QED) is 0.0758. The molecule has 0 aromatic heterocycles. The zero-order valence-electron chi connectivity index (χ0n) is 45.3. The Kier molecular flexibility index (Phi) is 20.3. The van der Waals surface area contributed by atoms with Crippen LogP contribution in [0.25, 0.3) is 0 Å². The van der Waals surface area contributed by atoms with Gasteiger partial charge in [0.2, 0.25) is 0 Å². The van der Waals surface area contributed by atoms with E-state index >= 15 is 0 Å². The van der Waals surface area contributed by atoms with Crippen molar-refractivity contribution in [3.05, 3.63) is 115 Å². The molecule has 2 N–H and O–H groups in total. The fourth-order valence-electron chi connectivity index (χ4n) is 9.18. The van der Waals surface area contributed by atoms with Crippen molar-refractivity contribution in [3.8, 4) is 23.0 Å². The average Bonchev–Trinajstić information content (AvgIpc) is 3.24. The zero-order chi connectivity index (χ0) is 49.9. The second kappa shape index (κ2) is 24.8. The summed E-state index contributed by atoms with van der Waals surface area (Å²) in [6, 6.07) is 18.3. The van der Waals surface area contributed by atoms with Crippen molar-refractivity contribution in [2.75, 3.05) is 36.2 Å². The predicted molar refractivity (Wildman–Crippen MR) is 298 cm³/mol. The predicted octanol–water partition coefficient (Wildman–Crippen LogP) is 17.1. The maximum atomic E-state index is 12.7. The summed E-state index contributed by atoms with van der Waals surface area (Å²) in [7, 11) is 0. The van der Waals surface area contributed by atoms with Crippen LogP contribution in [0.5, 0.6) is 23.0 Å². The van der Waals surface area contributed by atoms with E-state index in [9.17, 15) is 10.2 Å². The van der Waals surface area contributed by atoms with Gasteiger partial charge in [0.1, 0.15) is 23.0 Å². The lowest BCUT2D eigenvalue weighted by Crippen LogP contribution is -2.17. The number of hydrogen-bond donors (Lipinski definition) is 2. The normalized spacial score (nSPS) is 13.5. The lowest BCUT2D eigenvalue weighted by atomic mass is 9.79. The topological polar surface area (TPSA) is 58.9 Å². The second-order valence-electron chi connectivity index (χ2n) is 24.0. The van der Waals surface area contributed by atoms with Gasteiger partial charge in [-0.2, -0.15) is 23.5 Å². The summed E-state index contributed by atoms with van der Waals surface area (Å²) < 4.78 is 14.1. The molecule has 0 aliphatic heterocycles. The molecule has 0 heterocycles. The van der Waals surface area contributed by atoms with E-state index in [0.29, 0.717) is 50.4 Å². The molecule has 0 unspecified atom stereocenters. The lowest BCUT2D eigenvalue weighted by Gasteiger charge is -2.28. The van der Waals surface area contributed by atoms with Gasteiger partial charge in [-0.3, -0.25) is 0 Å². The van der Waals surface area contributed by atoms with Crippen molar-refractivity contribution < 1.29 is 19.7 Å². The highest BCUT2D eigenvalue weighted by Gasteiger charge is 2.28. The van der Waals surface area contributed by atoms with Gasteiger partial charge in [-0.1, -0.05) is 171 Å². The lowest BCUT2D eigenvalue weighted by molar-refractivity contribution is 0.299. The zero-order valence-corrected chi connectivity index (χ0v) is 46.9. The van der Waals surface area contributed by atoms with Gasteiger partial charge in [0.25, 0.3) is 0 Å². The van der Waals surface area contributed by atoms with Gasteiger partial charge in [-0.25, -0.2) is 0 Å².